The van der Waals surface area contributed by atoms with Crippen molar-refractivity contribution in [2.24, 2.45) is 0 Å². The molecule has 0 radical (unpaired) electrons. The summed E-state index contributed by atoms with van der Waals surface area (Å²) in [7, 11) is 0. The summed E-state index contributed by atoms with van der Waals surface area (Å²) in [5.74, 6) is 0.0728. The molecule has 2 aromatic rings. The average Bonchev–Trinajstić information content (AvgIpc) is 3.32. The van der Waals surface area contributed by atoms with E-state index in [2.05, 4.69) is 5.32 Å². The summed E-state index contributed by atoms with van der Waals surface area (Å²) in [4.78, 5) is 12.6. The number of benzene rings is 2. The van der Waals surface area contributed by atoms with E-state index in [1.807, 2.05) is 54.6 Å². The molecular weight excluding hydrogens is 262 g/mol. The molecule has 3 rings (SSSR count). The number of nitrogens with one attached hydrogen (secondary N) is 1. The first kappa shape index (κ1) is 13.8. The minimum absolute atomic E-state index is 0.0728. The smallest absolute Gasteiger partial charge is 0.235 e. The van der Waals surface area contributed by atoms with E-state index < -0.39 is 0 Å². The Morgan fingerprint density at radius 3 is 2.29 bits per heavy atom. The standard InChI is InChI=1S/C18H19NO2/c20-13-10-14-6-8-16(9-7-14)19-17(21)18(11-12-18)15-4-2-1-3-5-15/h1-9,20H,10-13H2,(H,19,21). The number of rotatable bonds is 5. The molecule has 3 nitrogen and oxygen atoms in total. The summed E-state index contributed by atoms with van der Waals surface area (Å²) in [5.41, 5.74) is 2.63. The van der Waals surface area contributed by atoms with Gasteiger partial charge in [-0.2, -0.15) is 0 Å². The van der Waals surface area contributed by atoms with E-state index in [0.29, 0.717) is 6.42 Å². The van der Waals surface area contributed by atoms with Crippen molar-refractivity contribution in [2.75, 3.05) is 11.9 Å². The quantitative estimate of drug-likeness (QED) is 0.885. The molecule has 21 heavy (non-hydrogen) atoms. The Hall–Kier alpha value is -2.13. The first-order chi connectivity index (χ1) is 10.2. The van der Waals surface area contributed by atoms with Gasteiger partial charge in [0.25, 0.3) is 0 Å². The first-order valence-electron chi connectivity index (χ1n) is 7.31. The van der Waals surface area contributed by atoms with Crippen LogP contribution in [0.5, 0.6) is 0 Å². The molecule has 1 aliphatic carbocycles. The number of amides is 1. The monoisotopic (exact) mass is 281 g/mol. The van der Waals surface area contributed by atoms with Crippen LogP contribution in [0, 0.1) is 0 Å². The predicted molar refractivity (Wildman–Crippen MR) is 83.2 cm³/mol. The van der Waals surface area contributed by atoms with Crippen molar-refractivity contribution in [3.8, 4) is 0 Å². The molecule has 0 aliphatic heterocycles. The lowest BCUT2D eigenvalue weighted by atomic mass is 9.95. The van der Waals surface area contributed by atoms with E-state index in [4.69, 9.17) is 5.11 Å². The van der Waals surface area contributed by atoms with Crippen LogP contribution in [-0.4, -0.2) is 17.6 Å². The molecule has 1 fully saturated rings. The number of carbonyl (C=O) groups excluding carboxylic acids is 1. The van der Waals surface area contributed by atoms with Gasteiger partial charge in [-0.3, -0.25) is 4.79 Å². The van der Waals surface area contributed by atoms with Crippen LogP contribution in [0.15, 0.2) is 54.6 Å². The Balaban J connectivity index is 1.72. The number of aliphatic hydroxyl groups excluding tert-OH is 1. The predicted octanol–water partition coefficient (Wildman–Crippen LogP) is 2.89. The van der Waals surface area contributed by atoms with Crippen molar-refractivity contribution in [2.45, 2.75) is 24.7 Å². The molecule has 1 aliphatic rings. The van der Waals surface area contributed by atoms with Gasteiger partial charge in [-0.05, 0) is 42.5 Å². The maximum atomic E-state index is 12.6. The fourth-order valence-corrected chi connectivity index (χ4v) is 2.66. The second-order valence-electron chi connectivity index (χ2n) is 5.57. The number of carbonyl (C=O) groups is 1. The van der Waals surface area contributed by atoms with Crippen LogP contribution in [-0.2, 0) is 16.6 Å². The van der Waals surface area contributed by atoms with Crippen molar-refractivity contribution in [1.82, 2.24) is 0 Å². The molecule has 2 aromatic carbocycles. The molecule has 0 heterocycles. The van der Waals surface area contributed by atoms with Crippen molar-refractivity contribution in [3.05, 3.63) is 65.7 Å². The van der Waals surface area contributed by atoms with Gasteiger partial charge in [-0.25, -0.2) is 0 Å². The second kappa shape index (κ2) is 5.70. The van der Waals surface area contributed by atoms with Crippen LogP contribution in [0.1, 0.15) is 24.0 Å². The minimum atomic E-state index is -0.342. The first-order valence-corrected chi connectivity index (χ1v) is 7.31. The second-order valence-corrected chi connectivity index (χ2v) is 5.57. The number of hydrogen-bond acceptors (Lipinski definition) is 2. The highest BCUT2D eigenvalue weighted by Crippen LogP contribution is 2.48. The topological polar surface area (TPSA) is 49.3 Å². The van der Waals surface area contributed by atoms with Gasteiger partial charge in [-0.15, -0.1) is 0 Å². The van der Waals surface area contributed by atoms with Gasteiger partial charge in [0, 0.05) is 12.3 Å². The highest BCUT2D eigenvalue weighted by Gasteiger charge is 2.51. The molecule has 0 bridgehead atoms. The molecule has 3 heteroatoms. The van der Waals surface area contributed by atoms with Crippen LogP contribution in [0.25, 0.3) is 0 Å². The molecule has 108 valence electrons. The third kappa shape index (κ3) is 2.83. The summed E-state index contributed by atoms with van der Waals surface area (Å²) >= 11 is 0. The maximum Gasteiger partial charge on any atom is 0.235 e. The minimum Gasteiger partial charge on any atom is -0.396 e. The third-order valence-corrected chi connectivity index (χ3v) is 4.12. The van der Waals surface area contributed by atoms with Gasteiger partial charge in [-0.1, -0.05) is 42.5 Å². The molecule has 0 atom stereocenters. The summed E-state index contributed by atoms with van der Waals surface area (Å²) in [6.07, 6.45) is 2.46. The lowest BCUT2D eigenvalue weighted by Crippen LogP contribution is -2.27. The van der Waals surface area contributed by atoms with E-state index >= 15 is 0 Å². The van der Waals surface area contributed by atoms with Gasteiger partial charge >= 0.3 is 0 Å². The Labute approximate surface area is 124 Å². The van der Waals surface area contributed by atoms with Gasteiger partial charge in [0.05, 0.1) is 5.41 Å². The normalized spacial score (nSPS) is 15.5. The molecule has 1 saturated carbocycles. The van der Waals surface area contributed by atoms with Crippen molar-refractivity contribution in [3.63, 3.8) is 0 Å². The zero-order chi connectivity index (χ0) is 14.7. The Bertz CT molecular complexity index is 615. The van der Waals surface area contributed by atoms with Crippen molar-refractivity contribution >= 4 is 11.6 Å². The van der Waals surface area contributed by atoms with E-state index in [9.17, 15) is 4.79 Å². The van der Waals surface area contributed by atoms with Gasteiger partial charge in [0.2, 0.25) is 5.91 Å². The summed E-state index contributed by atoms with van der Waals surface area (Å²) in [5, 5.41) is 11.9. The Kier molecular flexibility index (Phi) is 3.76. The molecule has 2 N–H and O–H groups in total. The average molecular weight is 281 g/mol. The molecular formula is C18H19NO2. The highest BCUT2D eigenvalue weighted by molar-refractivity contribution is 6.01. The van der Waals surface area contributed by atoms with Crippen LogP contribution < -0.4 is 5.32 Å². The van der Waals surface area contributed by atoms with Gasteiger partial charge in [0.15, 0.2) is 0 Å². The SMILES string of the molecule is O=C(Nc1ccc(CCO)cc1)C1(c2ccccc2)CC1. The van der Waals surface area contributed by atoms with E-state index in [1.54, 1.807) is 0 Å². The molecule has 0 spiro atoms. The number of anilines is 1. The lowest BCUT2D eigenvalue weighted by Gasteiger charge is -2.16. The zero-order valence-electron chi connectivity index (χ0n) is 11.9. The van der Waals surface area contributed by atoms with Crippen molar-refractivity contribution < 1.29 is 9.90 Å². The number of hydrogen-bond donors (Lipinski definition) is 2. The maximum absolute atomic E-state index is 12.6. The summed E-state index contributed by atoms with van der Waals surface area (Å²) in [6.45, 7) is 0.142. The van der Waals surface area contributed by atoms with Crippen LogP contribution in [0.2, 0.25) is 0 Å². The van der Waals surface area contributed by atoms with E-state index in [-0.39, 0.29) is 17.9 Å². The van der Waals surface area contributed by atoms with Gasteiger partial charge < -0.3 is 10.4 Å². The Morgan fingerprint density at radius 1 is 1.05 bits per heavy atom. The summed E-state index contributed by atoms with van der Waals surface area (Å²) in [6, 6.07) is 17.6. The highest BCUT2D eigenvalue weighted by atomic mass is 16.2. The third-order valence-electron chi connectivity index (χ3n) is 4.12. The fraction of sp³-hybridized carbons (Fsp3) is 0.278. The van der Waals surface area contributed by atoms with Crippen molar-refractivity contribution in [1.29, 1.82) is 0 Å². The summed E-state index contributed by atoms with van der Waals surface area (Å²) < 4.78 is 0. The fourth-order valence-electron chi connectivity index (χ4n) is 2.66. The largest absolute Gasteiger partial charge is 0.396 e. The molecule has 0 unspecified atom stereocenters. The van der Waals surface area contributed by atoms with Crippen LogP contribution in [0.3, 0.4) is 0 Å². The molecule has 1 amide bonds. The lowest BCUT2D eigenvalue weighted by molar-refractivity contribution is -0.118. The zero-order valence-corrected chi connectivity index (χ0v) is 11.9. The molecule has 0 aromatic heterocycles. The van der Waals surface area contributed by atoms with E-state index in [1.165, 1.54) is 0 Å². The Morgan fingerprint density at radius 2 is 1.71 bits per heavy atom. The molecule has 0 saturated heterocycles. The van der Waals surface area contributed by atoms with Crippen LogP contribution in [0.4, 0.5) is 5.69 Å². The van der Waals surface area contributed by atoms with Gasteiger partial charge in [0.1, 0.15) is 0 Å². The van der Waals surface area contributed by atoms with E-state index in [0.717, 1.165) is 29.7 Å². The van der Waals surface area contributed by atoms with Crippen LogP contribution >= 0.6 is 0 Å². The number of aliphatic hydroxyl groups is 1.